The first-order chi connectivity index (χ1) is 13.5. The van der Waals surface area contributed by atoms with Crippen LogP contribution in [-0.4, -0.2) is 29.9 Å². The molecule has 5 nitrogen and oxygen atoms in total. The standard InChI is InChI=1S/C23H32N4O.HI/c1-5-17(4)19-12-14-21(15-13-19)26-23(24)25-16-18-8-10-20(11-9-18)22(28)27(6-2)7-3;/h8-15,17H,5-7,16H2,1-4H3,(H3,24,25,26);1H. The smallest absolute Gasteiger partial charge is 0.253 e. The fourth-order valence-electron chi connectivity index (χ4n) is 2.94. The Morgan fingerprint density at radius 1 is 1.03 bits per heavy atom. The maximum atomic E-state index is 12.3. The third-order valence-electron chi connectivity index (χ3n) is 5.05. The second-order valence-electron chi connectivity index (χ2n) is 6.93. The lowest BCUT2D eigenvalue weighted by Gasteiger charge is -2.18. The van der Waals surface area contributed by atoms with Crippen molar-refractivity contribution in [3.63, 3.8) is 0 Å². The number of hydrogen-bond acceptors (Lipinski definition) is 2. The second-order valence-corrected chi connectivity index (χ2v) is 6.93. The molecule has 6 heteroatoms. The van der Waals surface area contributed by atoms with E-state index in [1.54, 1.807) is 0 Å². The number of amides is 1. The number of carbonyl (C=O) groups is 1. The molecular weight excluding hydrogens is 475 g/mol. The van der Waals surface area contributed by atoms with E-state index >= 15 is 0 Å². The van der Waals surface area contributed by atoms with Crippen molar-refractivity contribution >= 4 is 41.5 Å². The molecule has 0 aliphatic rings. The van der Waals surface area contributed by atoms with E-state index in [1.165, 1.54) is 5.56 Å². The van der Waals surface area contributed by atoms with Crippen molar-refractivity contribution in [1.82, 2.24) is 4.90 Å². The van der Waals surface area contributed by atoms with E-state index in [9.17, 15) is 4.79 Å². The van der Waals surface area contributed by atoms with E-state index < -0.39 is 0 Å². The highest BCUT2D eigenvalue weighted by atomic mass is 127. The molecule has 0 saturated heterocycles. The highest BCUT2D eigenvalue weighted by molar-refractivity contribution is 14.0. The number of nitrogens with one attached hydrogen (secondary N) is 1. The third kappa shape index (κ3) is 7.34. The largest absolute Gasteiger partial charge is 0.370 e. The summed E-state index contributed by atoms with van der Waals surface area (Å²) in [4.78, 5) is 18.5. The minimum atomic E-state index is 0. The Kier molecular flexibility index (Phi) is 10.7. The number of nitrogens with two attached hydrogens (primary N) is 1. The van der Waals surface area contributed by atoms with Crippen molar-refractivity contribution in [3.8, 4) is 0 Å². The Morgan fingerprint density at radius 3 is 2.14 bits per heavy atom. The van der Waals surface area contributed by atoms with E-state index in [4.69, 9.17) is 5.73 Å². The van der Waals surface area contributed by atoms with Crippen molar-refractivity contribution in [2.24, 2.45) is 10.7 Å². The Bertz CT molecular complexity index is 784. The Balaban J connectivity index is 0.00000420. The van der Waals surface area contributed by atoms with Crippen LogP contribution in [0.25, 0.3) is 0 Å². The van der Waals surface area contributed by atoms with Crippen LogP contribution in [0.15, 0.2) is 53.5 Å². The Hall–Kier alpha value is -2.09. The molecule has 0 aliphatic carbocycles. The fourth-order valence-corrected chi connectivity index (χ4v) is 2.94. The Morgan fingerprint density at radius 2 is 1.62 bits per heavy atom. The molecule has 0 aliphatic heterocycles. The van der Waals surface area contributed by atoms with Crippen LogP contribution < -0.4 is 11.1 Å². The number of aliphatic imine (C=N–C) groups is 1. The van der Waals surface area contributed by atoms with Gasteiger partial charge in [0, 0.05) is 24.3 Å². The number of rotatable bonds is 8. The second kappa shape index (κ2) is 12.5. The molecule has 0 saturated carbocycles. The topological polar surface area (TPSA) is 70.7 Å². The first-order valence-corrected chi connectivity index (χ1v) is 10.0. The van der Waals surface area contributed by atoms with Gasteiger partial charge in [0.15, 0.2) is 5.96 Å². The number of hydrogen-bond donors (Lipinski definition) is 2. The van der Waals surface area contributed by atoms with Gasteiger partial charge in [0.2, 0.25) is 0 Å². The number of guanidine groups is 1. The number of anilines is 1. The van der Waals surface area contributed by atoms with Gasteiger partial charge in [0.1, 0.15) is 0 Å². The van der Waals surface area contributed by atoms with Crippen molar-refractivity contribution in [2.45, 2.75) is 46.6 Å². The molecule has 2 aromatic carbocycles. The predicted molar refractivity (Wildman–Crippen MR) is 133 cm³/mol. The van der Waals surface area contributed by atoms with Gasteiger partial charge >= 0.3 is 0 Å². The molecule has 2 aromatic rings. The molecule has 3 N–H and O–H groups in total. The first-order valence-electron chi connectivity index (χ1n) is 10.0. The van der Waals surface area contributed by atoms with Gasteiger partial charge in [-0.15, -0.1) is 24.0 Å². The minimum Gasteiger partial charge on any atom is -0.370 e. The SMILES string of the molecule is CCC(C)c1ccc(NC(N)=NCc2ccc(C(=O)N(CC)CC)cc2)cc1.I. The van der Waals surface area contributed by atoms with Gasteiger partial charge in [0.05, 0.1) is 6.54 Å². The quantitative estimate of drug-likeness (QED) is 0.292. The summed E-state index contributed by atoms with van der Waals surface area (Å²) in [5.41, 5.74) is 9.96. The summed E-state index contributed by atoms with van der Waals surface area (Å²) < 4.78 is 0. The van der Waals surface area contributed by atoms with E-state index in [0.717, 1.165) is 17.7 Å². The summed E-state index contributed by atoms with van der Waals surface area (Å²) in [6, 6.07) is 15.8. The van der Waals surface area contributed by atoms with E-state index in [2.05, 4.69) is 36.3 Å². The van der Waals surface area contributed by atoms with E-state index in [-0.39, 0.29) is 29.9 Å². The van der Waals surface area contributed by atoms with E-state index in [0.29, 0.717) is 37.1 Å². The minimum absolute atomic E-state index is 0. The molecule has 0 aromatic heterocycles. The maximum Gasteiger partial charge on any atom is 0.253 e. The average Bonchev–Trinajstić information content (AvgIpc) is 2.73. The predicted octanol–water partition coefficient (Wildman–Crippen LogP) is 5.23. The maximum absolute atomic E-state index is 12.3. The normalized spacial score (nSPS) is 12.1. The first kappa shape index (κ1) is 24.9. The zero-order valence-corrected chi connectivity index (χ0v) is 20.1. The zero-order chi connectivity index (χ0) is 20.5. The molecule has 1 atom stereocenters. The molecule has 0 fully saturated rings. The number of carbonyl (C=O) groups excluding carboxylic acids is 1. The van der Waals surface area contributed by atoms with E-state index in [1.807, 2.05) is 55.1 Å². The molecule has 29 heavy (non-hydrogen) atoms. The fraction of sp³-hybridized carbons (Fsp3) is 0.391. The van der Waals surface area contributed by atoms with Gasteiger partial charge < -0.3 is 16.0 Å². The summed E-state index contributed by atoms with van der Waals surface area (Å²) in [6.45, 7) is 10.3. The zero-order valence-electron chi connectivity index (χ0n) is 17.8. The van der Waals surface area contributed by atoms with Crippen LogP contribution in [0.5, 0.6) is 0 Å². The van der Waals surface area contributed by atoms with Gasteiger partial charge in [-0.3, -0.25) is 4.79 Å². The van der Waals surface area contributed by atoms with Crippen LogP contribution >= 0.6 is 24.0 Å². The molecule has 2 rings (SSSR count). The highest BCUT2D eigenvalue weighted by Crippen LogP contribution is 2.20. The summed E-state index contributed by atoms with van der Waals surface area (Å²) in [6.07, 6.45) is 1.12. The Labute approximate surface area is 191 Å². The molecule has 158 valence electrons. The molecular formula is C23H33IN4O. The molecule has 0 heterocycles. The van der Waals surface area contributed by atoms with Crippen LogP contribution in [-0.2, 0) is 6.54 Å². The number of halogens is 1. The average molecular weight is 508 g/mol. The molecule has 1 unspecified atom stereocenters. The van der Waals surface area contributed by atoms with Crippen LogP contribution in [0.3, 0.4) is 0 Å². The van der Waals surface area contributed by atoms with Crippen molar-refractivity contribution in [1.29, 1.82) is 0 Å². The molecule has 1 amide bonds. The van der Waals surface area contributed by atoms with Crippen LogP contribution in [0, 0.1) is 0 Å². The van der Waals surface area contributed by atoms with Crippen molar-refractivity contribution < 1.29 is 4.79 Å². The third-order valence-corrected chi connectivity index (χ3v) is 5.05. The molecule has 0 radical (unpaired) electrons. The lowest BCUT2D eigenvalue weighted by Crippen LogP contribution is -2.30. The van der Waals surface area contributed by atoms with Gasteiger partial charge in [-0.05, 0) is 61.6 Å². The van der Waals surface area contributed by atoms with Gasteiger partial charge in [-0.1, -0.05) is 38.1 Å². The summed E-state index contributed by atoms with van der Waals surface area (Å²) in [7, 11) is 0. The monoisotopic (exact) mass is 508 g/mol. The number of nitrogens with zero attached hydrogens (tertiary/aromatic N) is 2. The van der Waals surface area contributed by atoms with Gasteiger partial charge in [-0.25, -0.2) is 4.99 Å². The van der Waals surface area contributed by atoms with Gasteiger partial charge in [0.25, 0.3) is 5.91 Å². The number of benzene rings is 2. The lowest BCUT2D eigenvalue weighted by molar-refractivity contribution is 0.0773. The molecule has 0 bridgehead atoms. The summed E-state index contributed by atoms with van der Waals surface area (Å²) in [5.74, 6) is 0.985. The van der Waals surface area contributed by atoms with Crippen LogP contribution in [0.4, 0.5) is 5.69 Å². The van der Waals surface area contributed by atoms with Crippen molar-refractivity contribution in [3.05, 3.63) is 65.2 Å². The summed E-state index contributed by atoms with van der Waals surface area (Å²) >= 11 is 0. The van der Waals surface area contributed by atoms with Crippen molar-refractivity contribution in [2.75, 3.05) is 18.4 Å². The van der Waals surface area contributed by atoms with Crippen LogP contribution in [0.1, 0.15) is 61.5 Å². The van der Waals surface area contributed by atoms with Gasteiger partial charge in [-0.2, -0.15) is 0 Å². The lowest BCUT2D eigenvalue weighted by atomic mass is 9.99. The summed E-state index contributed by atoms with van der Waals surface area (Å²) in [5, 5.41) is 3.12. The molecule has 0 spiro atoms. The highest BCUT2D eigenvalue weighted by Gasteiger charge is 2.11. The van der Waals surface area contributed by atoms with Crippen LogP contribution in [0.2, 0.25) is 0 Å².